The van der Waals surface area contributed by atoms with Crippen molar-refractivity contribution in [3.63, 3.8) is 0 Å². The number of hydrogen-bond acceptors (Lipinski definition) is 8. The van der Waals surface area contributed by atoms with Crippen LogP contribution in [0.2, 0.25) is 0 Å². The molecule has 2 fully saturated rings. The standard InChI is InChI=1S/C20H30N4O6S/c1-16-6-10-23(11-7-16)31(28,29)17-4-5-18(19(14-17)24(26)27)22-9-3-8-21(12-13-22)15-20(25)30-2/h4-5,14,16H,3,6-13,15H2,1-2H3. The molecule has 2 aliphatic rings. The second-order valence-corrected chi connectivity index (χ2v) is 10.1. The Morgan fingerprint density at radius 1 is 1.16 bits per heavy atom. The molecule has 0 aromatic heterocycles. The van der Waals surface area contributed by atoms with Crippen LogP contribution in [-0.4, -0.2) is 81.4 Å². The van der Waals surface area contributed by atoms with Gasteiger partial charge in [0.05, 0.1) is 23.5 Å². The highest BCUT2D eigenvalue weighted by atomic mass is 32.2. The third-order valence-corrected chi connectivity index (χ3v) is 7.93. The zero-order valence-corrected chi connectivity index (χ0v) is 18.8. The SMILES string of the molecule is COC(=O)CN1CCCN(c2ccc(S(=O)(=O)N3CCC(C)CC3)cc2[N+](=O)[O-])CC1. The minimum Gasteiger partial charge on any atom is -0.468 e. The summed E-state index contributed by atoms with van der Waals surface area (Å²) in [5.74, 6) is 0.158. The molecular formula is C20H30N4O6S. The average Bonchev–Trinajstić information content (AvgIpc) is 2.99. The van der Waals surface area contributed by atoms with Gasteiger partial charge in [-0.15, -0.1) is 0 Å². The van der Waals surface area contributed by atoms with E-state index in [1.807, 2.05) is 9.80 Å². The van der Waals surface area contributed by atoms with E-state index in [1.54, 1.807) is 0 Å². The van der Waals surface area contributed by atoms with Crippen molar-refractivity contribution in [2.45, 2.75) is 31.1 Å². The van der Waals surface area contributed by atoms with Crippen LogP contribution in [0.25, 0.3) is 0 Å². The maximum atomic E-state index is 13.0. The highest BCUT2D eigenvalue weighted by Gasteiger charge is 2.31. The van der Waals surface area contributed by atoms with Crippen molar-refractivity contribution < 1.29 is 22.9 Å². The number of rotatable bonds is 6. The Bertz CT molecular complexity index is 914. The molecule has 0 bridgehead atoms. The van der Waals surface area contributed by atoms with E-state index in [2.05, 4.69) is 6.92 Å². The maximum absolute atomic E-state index is 13.0. The van der Waals surface area contributed by atoms with Gasteiger partial charge in [-0.3, -0.25) is 19.8 Å². The Labute approximate surface area is 182 Å². The van der Waals surface area contributed by atoms with E-state index < -0.39 is 14.9 Å². The quantitative estimate of drug-likeness (QED) is 0.363. The lowest BCUT2D eigenvalue weighted by Gasteiger charge is -2.29. The molecule has 0 saturated carbocycles. The molecule has 0 unspecified atom stereocenters. The normalized spacial score (nSPS) is 19.7. The molecule has 2 aliphatic heterocycles. The number of ether oxygens (including phenoxy) is 1. The zero-order chi connectivity index (χ0) is 22.6. The molecule has 31 heavy (non-hydrogen) atoms. The van der Waals surface area contributed by atoms with E-state index in [0.717, 1.165) is 19.3 Å². The summed E-state index contributed by atoms with van der Waals surface area (Å²) < 4.78 is 32.2. The zero-order valence-electron chi connectivity index (χ0n) is 18.0. The van der Waals surface area contributed by atoms with Crippen LogP contribution < -0.4 is 4.90 Å². The number of nitro benzene ring substituents is 1. The molecule has 11 heteroatoms. The molecule has 0 aliphatic carbocycles. The number of carbonyl (C=O) groups excluding carboxylic acids is 1. The van der Waals surface area contributed by atoms with Crippen molar-refractivity contribution in [3.05, 3.63) is 28.3 Å². The van der Waals surface area contributed by atoms with Gasteiger partial charge in [-0.25, -0.2) is 8.42 Å². The minimum absolute atomic E-state index is 0.0420. The number of sulfonamides is 1. The lowest BCUT2D eigenvalue weighted by Crippen LogP contribution is -2.38. The van der Waals surface area contributed by atoms with Crippen molar-refractivity contribution >= 4 is 27.4 Å². The number of piperidine rings is 1. The summed E-state index contributed by atoms with van der Waals surface area (Å²) in [6.45, 7) is 5.44. The van der Waals surface area contributed by atoms with Gasteiger partial charge in [0, 0.05) is 45.3 Å². The maximum Gasteiger partial charge on any atom is 0.319 e. The number of hydrogen-bond donors (Lipinski definition) is 0. The molecule has 3 rings (SSSR count). The summed E-state index contributed by atoms with van der Waals surface area (Å²) in [5, 5.41) is 11.8. The molecule has 2 heterocycles. The Kier molecular flexibility index (Phi) is 7.50. The molecule has 0 atom stereocenters. The largest absolute Gasteiger partial charge is 0.468 e. The molecular weight excluding hydrogens is 424 g/mol. The van der Waals surface area contributed by atoms with Crippen LogP contribution in [0.15, 0.2) is 23.1 Å². The highest BCUT2D eigenvalue weighted by molar-refractivity contribution is 7.89. The molecule has 1 aromatic rings. The smallest absolute Gasteiger partial charge is 0.319 e. The number of anilines is 1. The van der Waals surface area contributed by atoms with Gasteiger partial charge in [0.2, 0.25) is 10.0 Å². The second-order valence-electron chi connectivity index (χ2n) is 8.19. The van der Waals surface area contributed by atoms with Gasteiger partial charge in [-0.1, -0.05) is 6.92 Å². The monoisotopic (exact) mass is 454 g/mol. The lowest BCUT2D eigenvalue weighted by atomic mass is 10.0. The van der Waals surface area contributed by atoms with Crippen molar-refractivity contribution in [1.29, 1.82) is 0 Å². The number of nitrogens with zero attached hydrogens (tertiary/aromatic N) is 4. The number of nitro groups is 1. The van der Waals surface area contributed by atoms with Gasteiger partial charge in [0.15, 0.2) is 0 Å². The van der Waals surface area contributed by atoms with Crippen LogP contribution in [0.4, 0.5) is 11.4 Å². The Morgan fingerprint density at radius 3 is 2.52 bits per heavy atom. The van der Waals surface area contributed by atoms with Crippen molar-refractivity contribution in [3.8, 4) is 0 Å². The van der Waals surface area contributed by atoms with Crippen LogP contribution in [-0.2, 0) is 19.6 Å². The van der Waals surface area contributed by atoms with Gasteiger partial charge in [-0.05, 0) is 37.3 Å². The Hall–Kier alpha value is -2.24. The van der Waals surface area contributed by atoms with Crippen LogP contribution >= 0.6 is 0 Å². The van der Waals surface area contributed by atoms with Gasteiger partial charge in [0.1, 0.15) is 5.69 Å². The van der Waals surface area contributed by atoms with Crippen molar-refractivity contribution in [2.75, 3.05) is 57.8 Å². The summed E-state index contributed by atoms with van der Waals surface area (Å²) in [4.78, 5) is 26.6. The molecule has 0 spiro atoms. The Morgan fingerprint density at radius 2 is 1.87 bits per heavy atom. The minimum atomic E-state index is -3.77. The molecule has 0 amide bonds. The second kappa shape index (κ2) is 9.92. The molecule has 0 N–H and O–H groups in total. The van der Waals surface area contributed by atoms with Crippen LogP contribution in [0.1, 0.15) is 26.2 Å². The fourth-order valence-electron chi connectivity index (χ4n) is 4.07. The van der Waals surface area contributed by atoms with Crippen LogP contribution in [0.5, 0.6) is 0 Å². The van der Waals surface area contributed by atoms with E-state index in [0.29, 0.717) is 50.9 Å². The summed E-state index contributed by atoms with van der Waals surface area (Å²) >= 11 is 0. The third kappa shape index (κ3) is 5.52. The first-order valence-electron chi connectivity index (χ1n) is 10.5. The van der Waals surface area contributed by atoms with Crippen LogP contribution in [0, 0.1) is 16.0 Å². The first kappa shape index (κ1) is 23.4. The average molecular weight is 455 g/mol. The van der Waals surface area contributed by atoms with Crippen LogP contribution in [0.3, 0.4) is 0 Å². The topological polar surface area (TPSA) is 113 Å². The summed E-state index contributed by atoms with van der Waals surface area (Å²) in [6, 6.07) is 4.18. The van der Waals surface area contributed by atoms with E-state index >= 15 is 0 Å². The first-order valence-corrected chi connectivity index (χ1v) is 12.0. The van der Waals surface area contributed by atoms with E-state index in [1.165, 1.54) is 29.6 Å². The number of methoxy groups -OCH3 is 1. The summed E-state index contributed by atoms with van der Waals surface area (Å²) in [6.07, 6.45) is 2.30. The first-order chi connectivity index (χ1) is 14.7. The predicted molar refractivity (Wildman–Crippen MR) is 116 cm³/mol. The Balaban J connectivity index is 1.81. The summed E-state index contributed by atoms with van der Waals surface area (Å²) in [7, 11) is -2.43. The van der Waals surface area contributed by atoms with Crippen molar-refractivity contribution in [2.24, 2.45) is 5.92 Å². The van der Waals surface area contributed by atoms with Gasteiger partial charge < -0.3 is 9.64 Å². The predicted octanol–water partition coefficient (Wildman–Crippen LogP) is 1.70. The molecule has 0 radical (unpaired) electrons. The molecule has 1 aromatic carbocycles. The third-order valence-electron chi connectivity index (χ3n) is 6.03. The lowest BCUT2D eigenvalue weighted by molar-refractivity contribution is -0.384. The molecule has 10 nitrogen and oxygen atoms in total. The number of esters is 1. The number of benzene rings is 1. The van der Waals surface area contributed by atoms with Gasteiger partial charge >= 0.3 is 5.97 Å². The highest BCUT2D eigenvalue weighted by Crippen LogP contribution is 2.33. The van der Waals surface area contributed by atoms with E-state index in [4.69, 9.17) is 4.74 Å². The van der Waals surface area contributed by atoms with E-state index in [9.17, 15) is 23.3 Å². The fraction of sp³-hybridized carbons (Fsp3) is 0.650. The van der Waals surface area contributed by atoms with Crippen molar-refractivity contribution in [1.82, 2.24) is 9.21 Å². The van der Waals surface area contributed by atoms with Gasteiger partial charge in [-0.2, -0.15) is 4.31 Å². The van der Waals surface area contributed by atoms with E-state index in [-0.39, 0.29) is 23.1 Å². The fourth-order valence-corrected chi connectivity index (χ4v) is 5.56. The summed E-state index contributed by atoms with van der Waals surface area (Å²) in [5.41, 5.74) is 0.184. The van der Waals surface area contributed by atoms with Gasteiger partial charge in [0.25, 0.3) is 5.69 Å². The molecule has 2 saturated heterocycles. The number of carbonyl (C=O) groups is 1. The molecule has 172 valence electrons.